The van der Waals surface area contributed by atoms with Crippen LogP contribution in [0.15, 0.2) is 48.5 Å². The summed E-state index contributed by atoms with van der Waals surface area (Å²) in [6, 6.07) is 11.8. The van der Waals surface area contributed by atoms with Gasteiger partial charge in [0, 0.05) is 0 Å². The summed E-state index contributed by atoms with van der Waals surface area (Å²) < 4.78 is 46.5. The van der Waals surface area contributed by atoms with E-state index in [1.165, 1.54) is 36.4 Å². The van der Waals surface area contributed by atoms with Crippen LogP contribution in [0.1, 0.15) is 0 Å². The zero-order valence-corrected chi connectivity index (χ0v) is 12.3. The van der Waals surface area contributed by atoms with Crippen molar-refractivity contribution < 1.29 is 32.5 Å². The van der Waals surface area contributed by atoms with Crippen LogP contribution >= 0.6 is 0 Å². The van der Waals surface area contributed by atoms with Crippen LogP contribution in [0, 0.1) is 0 Å². The molecule has 0 fully saturated rings. The second-order valence-electron chi connectivity index (χ2n) is 4.70. The number of ether oxygens (including phenoxy) is 2. The van der Waals surface area contributed by atoms with Crippen molar-refractivity contribution in [2.45, 2.75) is 6.18 Å². The fraction of sp³-hybridized carbons (Fsp3) is 0.188. The Morgan fingerprint density at radius 3 is 2.21 bits per heavy atom. The Bertz CT molecular complexity index is 704. The van der Waals surface area contributed by atoms with E-state index < -0.39 is 25.3 Å². The maximum absolute atomic E-state index is 12.2. The van der Waals surface area contributed by atoms with E-state index in [1.54, 1.807) is 12.1 Å². The number of aromatic hydroxyl groups is 1. The van der Waals surface area contributed by atoms with Crippen LogP contribution in [0.3, 0.4) is 0 Å². The van der Waals surface area contributed by atoms with Gasteiger partial charge < -0.3 is 19.9 Å². The minimum atomic E-state index is -4.48. The monoisotopic (exact) mass is 341 g/mol. The summed E-state index contributed by atoms with van der Waals surface area (Å²) in [6.07, 6.45) is -4.48. The van der Waals surface area contributed by atoms with Crippen molar-refractivity contribution in [1.29, 1.82) is 0 Å². The number of halogens is 3. The number of benzene rings is 2. The van der Waals surface area contributed by atoms with E-state index in [0.29, 0.717) is 0 Å². The number of carbonyl (C=O) groups is 1. The van der Waals surface area contributed by atoms with Gasteiger partial charge in [-0.05, 0) is 24.3 Å². The molecule has 1 amide bonds. The highest BCUT2D eigenvalue weighted by Gasteiger charge is 2.29. The second kappa shape index (κ2) is 7.58. The molecule has 0 spiro atoms. The third-order valence-electron chi connectivity index (χ3n) is 2.78. The Morgan fingerprint density at radius 2 is 1.58 bits per heavy atom. The Morgan fingerprint density at radius 1 is 1.00 bits per heavy atom. The van der Waals surface area contributed by atoms with Crippen LogP contribution in [-0.2, 0) is 4.79 Å². The quantitative estimate of drug-likeness (QED) is 0.791. The van der Waals surface area contributed by atoms with E-state index in [0.717, 1.165) is 0 Å². The molecule has 24 heavy (non-hydrogen) atoms. The van der Waals surface area contributed by atoms with E-state index >= 15 is 0 Å². The summed E-state index contributed by atoms with van der Waals surface area (Å²) >= 11 is 0. The second-order valence-corrected chi connectivity index (χ2v) is 4.70. The molecule has 2 N–H and O–H groups in total. The lowest BCUT2D eigenvalue weighted by atomic mass is 10.3. The molecule has 0 unspecified atom stereocenters. The zero-order chi connectivity index (χ0) is 17.6. The number of hydrogen-bond donors (Lipinski definition) is 2. The highest BCUT2D eigenvalue weighted by atomic mass is 19.4. The largest absolute Gasteiger partial charge is 0.506 e. The topological polar surface area (TPSA) is 67.8 Å². The normalized spacial score (nSPS) is 11.0. The lowest BCUT2D eigenvalue weighted by Crippen LogP contribution is -2.21. The van der Waals surface area contributed by atoms with Gasteiger partial charge in [0.1, 0.15) is 5.75 Å². The number of nitrogens with one attached hydrogen (secondary N) is 1. The van der Waals surface area contributed by atoms with Crippen LogP contribution in [0.25, 0.3) is 0 Å². The molecule has 0 saturated heterocycles. The first-order chi connectivity index (χ1) is 11.3. The number of rotatable bonds is 6. The highest BCUT2D eigenvalue weighted by Crippen LogP contribution is 2.28. The average molecular weight is 341 g/mol. The van der Waals surface area contributed by atoms with Crippen molar-refractivity contribution in [3.8, 4) is 17.2 Å². The minimum absolute atomic E-state index is 0.00850. The molecule has 0 radical (unpaired) electrons. The molecule has 8 heteroatoms. The van der Waals surface area contributed by atoms with E-state index in [-0.39, 0.29) is 22.9 Å². The number of hydrogen-bond acceptors (Lipinski definition) is 4. The fourth-order valence-corrected chi connectivity index (χ4v) is 1.76. The van der Waals surface area contributed by atoms with Crippen LogP contribution in [-0.4, -0.2) is 30.4 Å². The standard InChI is InChI=1S/C16H14F3NO4/c17-16(18,19)10-24-14-8-4-3-7-13(14)23-9-15(22)20-11-5-1-2-6-12(11)21/h1-8,21H,9-10H2,(H,20,22). The number of phenols is 1. The van der Waals surface area contributed by atoms with E-state index in [2.05, 4.69) is 10.1 Å². The number of phenolic OH excluding ortho intramolecular Hbond substituents is 1. The molecular weight excluding hydrogens is 327 g/mol. The molecule has 2 aromatic rings. The Labute approximate surface area is 135 Å². The summed E-state index contributed by atoms with van der Waals surface area (Å²) in [6.45, 7) is -1.92. The maximum atomic E-state index is 12.2. The molecule has 0 aliphatic rings. The van der Waals surface area contributed by atoms with Crippen LogP contribution in [0.2, 0.25) is 0 Å². The average Bonchev–Trinajstić information content (AvgIpc) is 2.53. The summed E-state index contributed by atoms with van der Waals surface area (Å²) in [5, 5.41) is 12.0. The van der Waals surface area contributed by atoms with Gasteiger partial charge in [0.2, 0.25) is 0 Å². The predicted molar refractivity (Wildman–Crippen MR) is 80.2 cm³/mol. The maximum Gasteiger partial charge on any atom is 0.422 e. The van der Waals surface area contributed by atoms with Crippen molar-refractivity contribution >= 4 is 11.6 Å². The molecule has 0 bridgehead atoms. The first kappa shape index (κ1) is 17.5. The number of para-hydroxylation sites is 4. The molecule has 0 aliphatic heterocycles. The van der Waals surface area contributed by atoms with Gasteiger partial charge in [0.05, 0.1) is 5.69 Å². The number of amides is 1. The summed E-state index contributed by atoms with van der Waals surface area (Å²) in [5.74, 6) is -0.804. The van der Waals surface area contributed by atoms with Crippen molar-refractivity contribution in [3.63, 3.8) is 0 Å². The van der Waals surface area contributed by atoms with Crippen molar-refractivity contribution in [2.24, 2.45) is 0 Å². The van der Waals surface area contributed by atoms with Gasteiger partial charge in [0.15, 0.2) is 24.7 Å². The number of alkyl halides is 3. The van der Waals surface area contributed by atoms with E-state index in [1.807, 2.05) is 0 Å². The lowest BCUT2D eigenvalue weighted by Gasteiger charge is -2.14. The first-order valence-electron chi connectivity index (χ1n) is 6.84. The van der Waals surface area contributed by atoms with Gasteiger partial charge in [-0.15, -0.1) is 0 Å². The highest BCUT2D eigenvalue weighted by molar-refractivity contribution is 5.93. The Balaban J connectivity index is 1.94. The smallest absolute Gasteiger partial charge is 0.422 e. The van der Waals surface area contributed by atoms with Gasteiger partial charge in [-0.2, -0.15) is 13.2 Å². The van der Waals surface area contributed by atoms with Gasteiger partial charge in [-0.1, -0.05) is 24.3 Å². The SMILES string of the molecule is O=C(COc1ccccc1OCC(F)(F)F)Nc1ccccc1O. The fourth-order valence-electron chi connectivity index (χ4n) is 1.76. The third-order valence-corrected chi connectivity index (χ3v) is 2.78. The van der Waals surface area contributed by atoms with Crippen LogP contribution < -0.4 is 14.8 Å². The molecule has 0 heterocycles. The Kier molecular flexibility index (Phi) is 5.51. The number of carbonyl (C=O) groups excluding carboxylic acids is 1. The number of anilines is 1. The predicted octanol–water partition coefficient (Wildman–Crippen LogP) is 3.35. The van der Waals surface area contributed by atoms with E-state index in [4.69, 9.17) is 4.74 Å². The molecule has 0 saturated carbocycles. The lowest BCUT2D eigenvalue weighted by molar-refractivity contribution is -0.153. The van der Waals surface area contributed by atoms with Crippen molar-refractivity contribution in [3.05, 3.63) is 48.5 Å². The van der Waals surface area contributed by atoms with Gasteiger partial charge in [0.25, 0.3) is 5.91 Å². The molecule has 5 nitrogen and oxygen atoms in total. The molecule has 0 atom stereocenters. The third kappa shape index (κ3) is 5.38. The summed E-state index contributed by atoms with van der Waals surface area (Å²) in [5.41, 5.74) is 0.202. The first-order valence-corrected chi connectivity index (χ1v) is 6.84. The van der Waals surface area contributed by atoms with Gasteiger partial charge >= 0.3 is 6.18 Å². The van der Waals surface area contributed by atoms with Crippen LogP contribution in [0.4, 0.5) is 18.9 Å². The van der Waals surface area contributed by atoms with Gasteiger partial charge in [-0.25, -0.2) is 0 Å². The molecule has 0 aromatic heterocycles. The van der Waals surface area contributed by atoms with Crippen LogP contribution in [0.5, 0.6) is 17.2 Å². The van der Waals surface area contributed by atoms with Crippen molar-refractivity contribution in [1.82, 2.24) is 0 Å². The minimum Gasteiger partial charge on any atom is -0.506 e. The summed E-state index contributed by atoms with van der Waals surface area (Å²) in [4.78, 5) is 11.8. The summed E-state index contributed by atoms with van der Waals surface area (Å²) in [7, 11) is 0. The Hall–Kier alpha value is -2.90. The van der Waals surface area contributed by atoms with E-state index in [9.17, 15) is 23.1 Å². The molecule has 2 aromatic carbocycles. The van der Waals surface area contributed by atoms with Gasteiger partial charge in [-0.3, -0.25) is 4.79 Å². The van der Waals surface area contributed by atoms with Crippen molar-refractivity contribution in [2.75, 3.05) is 18.5 Å². The molecule has 0 aliphatic carbocycles. The molecular formula is C16H14F3NO4. The molecule has 2 rings (SSSR count). The zero-order valence-electron chi connectivity index (χ0n) is 12.3. The molecule has 128 valence electrons.